The number of rotatable bonds is 6. The van der Waals surface area contributed by atoms with Gasteiger partial charge in [0.05, 0.1) is 11.4 Å². The second kappa shape index (κ2) is 9.66. The van der Waals surface area contributed by atoms with Crippen LogP contribution in [0.2, 0.25) is 0 Å². The molecule has 3 nitrogen and oxygen atoms in total. The van der Waals surface area contributed by atoms with Crippen molar-refractivity contribution in [1.29, 1.82) is 0 Å². The molecule has 0 saturated heterocycles. The van der Waals surface area contributed by atoms with Gasteiger partial charge in [-0.15, -0.1) is 11.8 Å². The summed E-state index contributed by atoms with van der Waals surface area (Å²) in [4.78, 5) is 15.0. The smallest absolute Gasteiger partial charge is 0.251 e. The van der Waals surface area contributed by atoms with Gasteiger partial charge >= 0.3 is 0 Å². The van der Waals surface area contributed by atoms with Gasteiger partial charge in [0.2, 0.25) is 0 Å². The minimum atomic E-state index is -0.156. The molecule has 1 heterocycles. The Morgan fingerprint density at radius 2 is 1.59 bits per heavy atom. The molecule has 4 heteroatoms. The highest BCUT2D eigenvalue weighted by atomic mass is 32.2. The van der Waals surface area contributed by atoms with E-state index in [1.165, 1.54) is 10.5 Å². The summed E-state index contributed by atoms with van der Waals surface area (Å²) in [5, 5.41) is 5.19. The van der Waals surface area contributed by atoms with Crippen LogP contribution in [0.5, 0.6) is 0 Å². The molecule has 0 saturated carbocycles. The maximum absolute atomic E-state index is 13.9. The van der Waals surface area contributed by atoms with E-state index in [0.717, 1.165) is 29.8 Å². The lowest BCUT2D eigenvalue weighted by Gasteiger charge is -2.28. The molecular weight excluding hydrogens is 412 g/mol. The lowest BCUT2D eigenvalue weighted by Crippen LogP contribution is -2.28. The lowest BCUT2D eigenvalue weighted by molar-refractivity contribution is 0.0830. The molecule has 0 fully saturated rings. The van der Waals surface area contributed by atoms with E-state index in [1.54, 1.807) is 16.4 Å². The Kier molecular flexibility index (Phi) is 6.90. The van der Waals surface area contributed by atoms with Crippen LogP contribution < -0.4 is 0 Å². The van der Waals surface area contributed by atoms with E-state index < -0.39 is 0 Å². The van der Waals surface area contributed by atoms with E-state index in [9.17, 15) is 4.79 Å². The second-order valence-electron chi connectivity index (χ2n) is 9.52. The maximum Gasteiger partial charge on any atom is 0.251 e. The normalized spacial score (nSPS) is 20.1. The highest BCUT2D eigenvalue weighted by molar-refractivity contribution is 8.00. The van der Waals surface area contributed by atoms with Gasteiger partial charge in [0.1, 0.15) is 0 Å². The number of fused-ring (bicyclic) bond motifs is 1. The van der Waals surface area contributed by atoms with Crippen molar-refractivity contribution in [3.8, 4) is 11.3 Å². The summed E-state index contributed by atoms with van der Waals surface area (Å²) in [5.74, 6) is 1.25. The number of aromatic nitrogens is 2. The Bertz CT molecular complexity index is 1060. The average Bonchev–Trinajstić information content (AvgIpc) is 3.20. The van der Waals surface area contributed by atoms with Gasteiger partial charge in [-0.3, -0.25) is 4.79 Å². The molecule has 32 heavy (non-hydrogen) atoms. The Morgan fingerprint density at radius 1 is 0.969 bits per heavy atom. The van der Waals surface area contributed by atoms with Crippen molar-refractivity contribution < 1.29 is 4.79 Å². The van der Waals surface area contributed by atoms with E-state index in [2.05, 4.69) is 52.0 Å². The number of thioether (sulfide) groups is 1. The molecule has 1 aliphatic rings. The number of carbonyl (C=O) groups is 1. The summed E-state index contributed by atoms with van der Waals surface area (Å²) in [7, 11) is 0. The summed E-state index contributed by atoms with van der Waals surface area (Å²) in [5.41, 5.74) is 4.51. The molecule has 3 aromatic rings. The van der Waals surface area contributed by atoms with Crippen LogP contribution in [0.3, 0.4) is 0 Å². The zero-order valence-electron chi connectivity index (χ0n) is 19.8. The first-order valence-electron chi connectivity index (χ1n) is 11.8. The van der Waals surface area contributed by atoms with Gasteiger partial charge in [-0.25, -0.2) is 0 Å². The fourth-order valence-corrected chi connectivity index (χ4v) is 5.87. The Balaban J connectivity index is 1.76. The van der Waals surface area contributed by atoms with Crippen molar-refractivity contribution in [2.45, 2.75) is 69.4 Å². The summed E-state index contributed by atoms with van der Waals surface area (Å²) < 4.78 is 1.75. The first-order valence-corrected chi connectivity index (χ1v) is 12.7. The standard InChI is InChI=1S/C28H34N2OS/c1-18(2)24-17-16-19(3)25-26(24)29-30(27(25)22-12-8-6-9-13-22)28(31)20(4)21(5)32-23-14-10-7-11-15-23/h6-15,18-21,24H,16-17H2,1-5H3/t19-,20-,21+,24+/m0/s1. The van der Waals surface area contributed by atoms with Crippen LogP contribution in [-0.4, -0.2) is 20.9 Å². The molecule has 0 radical (unpaired) electrons. The topological polar surface area (TPSA) is 34.9 Å². The highest BCUT2D eigenvalue weighted by Crippen LogP contribution is 2.46. The molecule has 4 rings (SSSR count). The van der Waals surface area contributed by atoms with Gasteiger partial charge in [0, 0.05) is 33.1 Å². The van der Waals surface area contributed by atoms with Crippen LogP contribution >= 0.6 is 11.8 Å². The van der Waals surface area contributed by atoms with E-state index in [1.807, 2.05) is 43.3 Å². The molecule has 2 aromatic carbocycles. The number of carbonyl (C=O) groups excluding carboxylic acids is 1. The van der Waals surface area contributed by atoms with Crippen molar-refractivity contribution >= 4 is 17.7 Å². The third-order valence-corrected chi connectivity index (χ3v) is 8.25. The van der Waals surface area contributed by atoms with Gasteiger partial charge in [0.15, 0.2) is 0 Å². The predicted molar refractivity (Wildman–Crippen MR) is 134 cm³/mol. The van der Waals surface area contributed by atoms with Crippen molar-refractivity contribution in [2.75, 3.05) is 0 Å². The molecule has 1 aliphatic carbocycles. The number of hydrogen-bond donors (Lipinski definition) is 0. The van der Waals surface area contributed by atoms with Gasteiger partial charge in [-0.1, -0.05) is 83.1 Å². The minimum Gasteiger partial charge on any atom is -0.272 e. The maximum atomic E-state index is 13.9. The Labute approximate surface area is 196 Å². The average molecular weight is 447 g/mol. The van der Waals surface area contributed by atoms with Crippen molar-refractivity contribution in [3.63, 3.8) is 0 Å². The Hall–Kier alpha value is -2.33. The monoisotopic (exact) mass is 446 g/mol. The summed E-state index contributed by atoms with van der Waals surface area (Å²) >= 11 is 1.76. The molecule has 0 N–H and O–H groups in total. The van der Waals surface area contributed by atoms with Crippen molar-refractivity contribution in [3.05, 3.63) is 71.9 Å². The first kappa shape index (κ1) is 22.8. The van der Waals surface area contributed by atoms with Gasteiger partial charge in [-0.2, -0.15) is 9.78 Å². The Morgan fingerprint density at radius 3 is 2.22 bits per heavy atom. The SMILES string of the molecule is CC(C)[C@H]1CC[C@H](C)c2c1nn(C(=O)[C@@H](C)[C@@H](C)Sc1ccccc1)c2-c1ccccc1. The van der Waals surface area contributed by atoms with E-state index in [-0.39, 0.29) is 17.1 Å². The second-order valence-corrected chi connectivity index (χ2v) is 11.0. The minimum absolute atomic E-state index is 0.0869. The lowest BCUT2D eigenvalue weighted by atomic mass is 9.75. The summed E-state index contributed by atoms with van der Waals surface area (Å²) in [6.45, 7) is 11.0. The van der Waals surface area contributed by atoms with Gasteiger partial charge < -0.3 is 0 Å². The van der Waals surface area contributed by atoms with Crippen molar-refractivity contribution in [2.24, 2.45) is 11.8 Å². The van der Waals surface area contributed by atoms with Crippen LogP contribution in [-0.2, 0) is 0 Å². The number of hydrogen-bond acceptors (Lipinski definition) is 3. The molecule has 0 bridgehead atoms. The largest absolute Gasteiger partial charge is 0.272 e. The van der Waals surface area contributed by atoms with Crippen LogP contribution in [0.15, 0.2) is 65.6 Å². The molecular formula is C28H34N2OS. The van der Waals surface area contributed by atoms with E-state index in [0.29, 0.717) is 17.8 Å². The van der Waals surface area contributed by atoms with E-state index in [4.69, 9.17) is 5.10 Å². The summed E-state index contributed by atoms with van der Waals surface area (Å²) in [6.07, 6.45) is 2.28. The van der Waals surface area contributed by atoms with Crippen LogP contribution in [0.4, 0.5) is 0 Å². The number of benzene rings is 2. The first-order chi connectivity index (χ1) is 15.4. The molecule has 168 valence electrons. The van der Waals surface area contributed by atoms with Gasteiger partial charge in [0.25, 0.3) is 5.91 Å². The van der Waals surface area contributed by atoms with Crippen LogP contribution in [0.1, 0.15) is 75.3 Å². The predicted octanol–water partition coefficient (Wildman–Crippen LogP) is 7.64. The van der Waals surface area contributed by atoms with E-state index >= 15 is 0 Å². The summed E-state index contributed by atoms with van der Waals surface area (Å²) in [6, 6.07) is 20.7. The quantitative estimate of drug-likeness (QED) is 0.365. The molecule has 0 amide bonds. The highest BCUT2D eigenvalue weighted by Gasteiger charge is 2.36. The van der Waals surface area contributed by atoms with Crippen molar-refractivity contribution in [1.82, 2.24) is 9.78 Å². The molecule has 0 spiro atoms. The third kappa shape index (κ3) is 4.43. The zero-order valence-corrected chi connectivity index (χ0v) is 20.6. The van der Waals surface area contributed by atoms with Crippen LogP contribution in [0.25, 0.3) is 11.3 Å². The fourth-order valence-electron chi connectivity index (χ4n) is 4.81. The van der Waals surface area contributed by atoms with Crippen LogP contribution in [0, 0.1) is 11.8 Å². The third-order valence-electron chi connectivity index (χ3n) is 6.92. The molecule has 0 unspecified atom stereocenters. The molecule has 4 atom stereocenters. The number of nitrogens with zero attached hydrogens (tertiary/aromatic N) is 2. The van der Waals surface area contributed by atoms with Gasteiger partial charge in [-0.05, 0) is 36.8 Å². The zero-order chi connectivity index (χ0) is 22.8. The fraction of sp³-hybridized carbons (Fsp3) is 0.429. The molecule has 0 aliphatic heterocycles. The molecule has 1 aromatic heterocycles.